The van der Waals surface area contributed by atoms with Crippen LogP contribution in [0.3, 0.4) is 0 Å². The van der Waals surface area contributed by atoms with Crippen LogP contribution in [0.5, 0.6) is 0 Å². The highest BCUT2D eigenvalue weighted by Crippen LogP contribution is 2.33. The van der Waals surface area contributed by atoms with Crippen molar-refractivity contribution < 1.29 is 22.5 Å². The minimum absolute atomic E-state index is 0.137. The van der Waals surface area contributed by atoms with E-state index < -0.39 is 27.6 Å². The van der Waals surface area contributed by atoms with Crippen LogP contribution in [0.15, 0.2) is 60.7 Å². The van der Waals surface area contributed by atoms with Crippen molar-refractivity contribution >= 4 is 27.5 Å². The number of hydrogen-bond acceptors (Lipinski definition) is 5. The quantitative estimate of drug-likeness (QED) is 0.683. The van der Waals surface area contributed by atoms with Crippen LogP contribution in [-0.2, 0) is 19.6 Å². The smallest absolute Gasteiger partial charge is 0.330 e. The highest BCUT2D eigenvalue weighted by atomic mass is 32.2. The lowest BCUT2D eigenvalue weighted by molar-refractivity contribution is -0.140. The number of esters is 1. The van der Waals surface area contributed by atoms with Gasteiger partial charge < -0.3 is 9.64 Å². The van der Waals surface area contributed by atoms with Crippen LogP contribution in [0.1, 0.15) is 6.42 Å². The van der Waals surface area contributed by atoms with Crippen LogP contribution in [0.4, 0.5) is 11.4 Å². The number of carbonyl (C=O) groups is 1. The second kappa shape index (κ2) is 6.02. The summed E-state index contributed by atoms with van der Waals surface area (Å²) in [5, 5.41) is 0. The van der Waals surface area contributed by atoms with E-state index in [1.165, 1.54) is 0 Å². The van der Waals surface area contributed by atoms with Gasteiger partial charge in [-0.15, -0.1) is 0 Å². The fraction of sp³-hybridized carbons (Fsp3) is 0.188. The first-order chi connectivity index (χ1) is 11.0. The molecule has 6 nitrogen and oxygen atoms in total. The van der Waals surface area contributed by atoms with Crippen LogP contribution >= 0.6 is 0 Å². The zero-order valence-electron chi connectivity index (χ0n) is 12.1. The van der Waals surface area contributed by atoms with Crippen molar-refractivity contribution in [1.82, 2.24) is 0 Å². The lowest BCUT2D eigenvalue weighted by Crippen LogP contribution is -2.35. The van der Waals surface area contributed by atoms with E-state index in [0.717, 1.165) is 11.4 Å². The molecule has 0 spiro atoms. The zero-order valence-corrected chi connectivity index (χ0v) is 12.9. The number of nitrogens with zero attached hydrogens (tertiary/aromatic N) is 1. The Kier molecular flexibility index (Phi) is 4.06. The average molecular weight is 333 g/mol. The summed E-state index contributed by atoms with van der Waals surface area (Å²) in [6.45, 7) is 0. The number of cyclic esters (lactones) is 1. The van der Waals surface area contributed by atoms with Crippen LogP contribution < -0.4 is 4.90 Å². The molecule has 1 fully saturated rings. The molecule has 2 unspecified atom stereocenters. The van der Waals surface area contributed by atoms with E-state index in [1.54, 1.807) is 4.90 Å². The first kappa shape index (κ1) is 15.5. The Labute approximate surface area is 134 Å². The second-order valence-corrected chi connectivity index (χ2v) is 6.73. The third-order valence-electron chi connectivity index (χ3n) is 3.65. The first-order valence-corrected chi connectivity index (χ1v) is 8.53. The molecule has 1 N–H and O–H groups in total. The predicted molar refractivity (Wildman–Crippen MR) is 84.9 cm³/mol. The number of anilines is 2. The Hall–Kier alpha value is -2.38. The van der Waals surface area contributed by atoms with Crippen molar-refractivity contribution in [3.05, 3.63) is 60.7 Å². The lowest BCUT2D eigenvalue weighted by Gasteiger charge is -2.28. The maximum absolute atomic E-state index is 12.2. The SMILES string of the molecule is O=C1OC(S(=O)(=O)O)CC1N(c1ccccc1)c1ccccc1. The maximum Gasteiger partial charge on any atom is 0.330 e. The molecular weight excluding hydrogens is 318 g/mol. The molecule has 1 heterocycles. The Balaban J connectivity index is 2.02. The number of hydrogen-bond donors (Lipinski definition) is 1. The molecule has 2 atom stereocenters. The van der Waals surface area contributed by atoms with E-state index >= 15 is 0 Å². The summed E-state index contributed by atoms with van der Waals surface area (Å²) in [4.78, 5) is 13.9. The van der Waals surface area contributed by atoms with E-state index in [1.807, 2.05) is 60.7 Å². The molecule has 2 aromatic carbocycles. The largest absolute Gasteiger partial charge is 0.442 e. The summed E-state index contributed by atoms with van der Waals surface area (Å²) in [6, 6.07) is 17.5. The summed E-state index contributed by atoms with van der Waals surface area (Å²) < 4.78 is 36.6. The van der Waals surface area contributed by atoms with Crippen molar-refractivity contribution in [3.8, 4) is 0 Å². The Bertz CT molecular complexity index is 752. The van der Waals surface area contributed by atoms with Gasteiger partial charge in [-0.1, -0.05) is 36.4 Å². The molecule has 0 aromatic heterocycles. The summed E-state index contributed by atoms with van der Waals surface area (Å²) >= 11 is 0. The number of ether oxygens (including phenoxy) is 1. The van der Waals surface area contributed by atoms with Gasteiger partial charge in [-0.05, 0) is 24.3 Å². The standard InChI is InChI=1S/C16H15NO5S/c18-16-14(11-15(22-16)23(19,20)21)17(12-7-3-1-4-8-12)13-9-5-2-6-10-13/h1-10,14-15H,11H2,(H,19,20,21). The van der Waals surface area contributed by atoms with Crippen molar-refractivity contribution in [2.75, 3.05) is 4.90 Å². The van der Waals surface area contributed by atoms with Gasteiger partial charge in [0.15, 0.2) is 0 Å². The monoisotopic (exact) mass is 333 g/mol. The molecule has 2 aromatic rings. The van der Waals surface area contributed by atoms with E-state index in [-0.39, 0.29) is 6.42 Å². The van der Waals surface area contributed by atoms with Crippen LogP contribution in [0, 0.1) is 0 Å². The van der Waals surface area contributed by atoms with E-state index in [0.29, 0.717) is 0 Å². The summed E-state index contributed by atoms with van der Waals surface area (Å²) in [5.74, 6) is -0.680. The molecule has 0 saturated carbocycles. The van der Waals surface area contributed by atoms with Gasteiger partial charge in [-0.3, -0.25) is 4.55 Å². The molecule has 120 valence electrons. The van der Waals surface area contributed by atoms with Gasteiger partial charge >= 0.3 is 16.1 Å². The molecule has 7 heteroatoms. The minimum atomic E-state index is -4.44. The van der Waals surface area contributed by atoms with Gasteiger partial charge in [0.25, 0.3) is 0 Å². The van der Waals surface area contributed by atoms with Crippen LogP contribution in [0.2, 0.25) is 0 Å². The summed E-state index contributed by atoms with van der Waals surface area (Å²) in [7, 11) is -4.44. The topological polar surface area (TPSA) is 83.9 Å². The third kappa shape index (κ3) is 3.20. The average Bonchev–Trinajstić information content (AvgIpc) is 2.92. The van der Waals surface area contributed by atoms with Gasteiger partial charge in [0.2, 0.25) is 5.44 Å². The van der Waals surface area contributed by atoms with E-state index in [9.17, 15) is 13.2 Å². The molecular formula is C16H15NO5S. The van der Waals surface area contributed by atoms with Crippen molar-refractivity contribution in [2.45, 2.75) is 17.9 Å². The molecule has 0 amide bonds. The molecule has 0 bridgehead atoms. The van der Waals surface area contributed by atoms with Crippen molar-refractivity contribution in [1.29, 1.82) is 0 Å². The zero-order chi connectivity index (χ0) is 16.4. The summed E-state index contributed by atoms with van der Waals surface area (Å²) in [6.07, 6.45) is -0.137. The number of benzene rings is 2. The van der Waals surface area contributed by atoms with Crippen molar-refractivity contribution in [3.63, 3.8) is 0 Å². The Morgan fingerprint density at radius 2 is 1.43 bits per heavy atom. The molecule has 3 rings (SSSR count). The lowest BCUT2D eigenvalue weighted by atomic mass is 10.1. The normalized spacial score (nSPS) is 21.0. The molecule has 0 aliphatic carbocycles. The molecule has 1 saturated heterocycles. The van der Waals surface area contributed by atoms with Gasteiger partial charge in [-0.2, -0.15) is 8.42 Å². The molecule has 0 radical (unpaired) electrons. The fourth-order valence-electron chi connectivity index (χ4n) is 2.61. The minimum Gasteiger partial charge on any atom is -0.442 e. The van der Waals surface area contributed by atoms with Crippen LogP contribution in [0.25, 0.3) is 0 Å². The predicted octanol–water partition coefficient (Wildman–Crippen LogP) is 2.35. The highest BCUT2D eigenvalue weighted by molar-refractivity contribution is 7.86. The van der Waals surface area contributed by atoms with Gasteiger partial charge in [0, 0.05) is 17.8 Å². The van der Waals surface area contributed by atoms with Gasteiger partial charge in [-0.25, -0.2) is 4.79 Å². The van der Waals surface area contributed by atoms with Crippen LogP contribution in [-0.4, -0.2) is 30.4 Å². The molecule has 1 aliphatic rings. The number of carbonyl (C=O) groups excluding carboxylic acids is 1. The first-order valence-electron chi connectivity index (χ1n) is 7.03. The van der Waals surface area contributed by atoms with Gasteiger partial charge in [0.05, 0.1) is 0 Å². The molecule has 1 aliphatic heterocycles. The number of para-hydroxylation sites is 2. The highest BCUT2D eigenvalue weighted by Gasteiger charge is 2.44. The fourth-order valence-corrected chi connectivity index (χ4v) is 3.26. The van der Waals surface area contributed by atoms with Crippen molar-refractivity contribution in [2.24, 2.45) is 0 Å². The number of rotatable bonds is 4. The van der Waals surface area contributed by atoms with E-state index in [4.69, 9.17) is 9.29 Å². The second-order valence-electron chi connectivity index (χ2n) is 5.17. The maximum atomic E-state index is 12.2. The molecule has 23 heavy (non-hydrogen) atoms. The van der Waals surface area contributed by atoms with E-state index in [2.05, 4.69) is 0 Å². The summed E-state index contributed by atoms with van der Waals surface area (Å²) in [5.41, 5.74) is -0.0665. The van der Waals surface area contributed by atoms with Gasteiger partial charge in [0.1, 0.15) is 6.04 Å². The Morgan fingerprint density at radius 3 is 1.83 bits per heavy atom. The third-order valence-corrected chi connectivity index (χ3v) is 4.60. The Morgan fingerprint density at radius 1 is 0.957 bits per heavy atom.